The van der Waals surface area contributed by atoms with Crippen LogP contribution in [0.1, 0.15) is 18.6 Å². The highest BCUT2D eigenvalue weighted by atomic mass is 35.5. The Hall–Kier alpha value is -1.01. The van der Waals surface area contributed by atoms with Gasteiger partial charge in [-0.25, -0.2) is 4.79 Å². The summed E-state index contributed by atoms with van der Waals surface area (Å²) in [5.74, 6) is 0. The van der Waals surface area contributed by atoms with Crippen molar-refractivity contribution in [1.82, 2.24) is 10.6 Å². The first kappa shape index (κ1) is 17.0. The average molecular weight is 321 g/mol. The van der Waals surface area contributed by atoms with E-state index in [-0.39, 0.29) is 12.6 Å². The summed E-state index contributed by atoms with van der Waals surface area (Å²) >= 11 is 11.7. The van der Waals surface area contributed by atoms with Crippen molar-refractivity contribution in [2.24, 2.45) is 0 Å². The maximum Gasteiger partial charge on any atom is 0.314 e. The van der Waals surface area contributed by atoms with E-state index in [0.717, 1.165) is 0 Å². The highest BCUT2D eigenvalue weighted by Gasteiger charge is 2.10. The molecule has 0 aliphatic carbocycles. The molecule has 1 aromatic carbocycles. The van der Waals surface area contributed by atoms with Crippen molar-refractivity contribution in [3.05, 3.63) is 33.8 Å². The van der Waals surface area contributed by atoms with Gasteiger partial charge in [-0.2, -0.15) is 0 Å². The molecule has 0 aliphatic heterocycles. The van der Waals surface area contributed by atoms with Crippen LogP contribution >= 0.6 is 23.2 Å². The molecule has 112 valence electrons. The Balaban J connectivity index is 2.35. The van der Waals surface area contributed by atoms with Crippen LogP contribution in [-0.4, -0.2) is 37.4 Å². The van der Waals surface area contributed by atoms with Crippen LogP contribution in [0.25, 0.3) is 0 Å². The largest absolute Gasteiger partial charge is 0.387 e. The molecule has 5 nitrogen and oxygen atoms in total. The van der Waals surface area contributed by atoms with Crippen LogP contribution in [-0.2, 0) is 4.74 Å². The zero-order chi connectivity index (χ0) is 15.0. The molecule has 1 unspecified atom stereocenters. The van der Waals surface area contributed by atoms with Crippen LogP contribution in [0.3, 0.4) is 0 Å². The van der Waals surface area contributed by atoms with Crippen LogP contribution in [0, 0.1) is 0 Å². The van der Waals surface area contributed by atoms with Gasteiger partial charge in [0.2, 0.25) is 0 Å². The van der Waals surface area contributed by atoms with Gasteiger partial charge in [-0.05, 0) is 30.7 Å². The molecule has 1 rings (SSSR count). The maximum atomic E-state index is 11.4. The molecule has 2 amide bonds. The topological polar surface area (TPSA) is 70.6 Å². The van der Waals surface area contributed by atoms with E-state index in [2.05, 4.69) is 10.6 Å². The zero-order valence-corrected chi connectivity index (χ0v) is 12.7. The molecular weight excluding hydrogens is 303 g/mol. The van der Waals surface area contributed by atoms with Crippen molar-refractivity contribution in [3.63, 3.8) is 0 Å². The minimum atomic E-state index is -0.871. The van der Waals surface area contributed by atoms with E-state index < -0.39 is 6.10 Å². The lowest BCUT2D eigenvalue weighted by molar-refractivity contribution is 0.148. The summed E-state index contributed by atoms with van der Waals surface area (Å²) in [5, 5.41) is 16.0. The second-order valence-corrected chi connectivity index (χ2v) is 4.93. The summed E-state index contributed by atoms with van der Waals surface area (Å²) in [6.07, 6.45) is -0.871. The van der Waals surface area contributed by atoms with Gasteiger partial charge in [0.25, 0.3) is 0 Å². The van der Waals surface area contributed by atoms with Crippen LogP contribution in [0.2, 0.25) is 10.0 Å². The van der Waals surface area contributed by atoms with E-state index in [9.17, 15) is 9.90 Å². The third-order valence-electron chi connectivity index (χ3n) is 2.46. The fourth-order valence-corrected chi connectivity index (χ4v) is 2.06. The van der Waals surface area contributed by atoms with Gasteiger partial charge in [0.05, 0.1) is 12.7 Å². The number of hydrogen-bond donors (Lipinski definition) is 3. The molecule has 0 saturated carbocycles. The third kappa shape index (κ3) is 6.43. The fourth-order valence-electron chi connectivity index (χ4n) is 1.52. The normalized spacial score (nSPS) is 12.0. The molecule has 20 heavy (non-hydrogen) atoms. The van der Waals surface area contributed by atoms with Gasteiger partial charge in [-0.3, -0.25) is 0 Å². The number of hydrogen-bond acceptors (Lipinski definition) is 3. The monoisotopic (exact) mass is 320 g/mol. The Bertz CT molecular complexity index is 423. The first-order valence-corrected chi connectivity index (χ1v) is 7.02. The average Bonchev–Trinajstić information content (AvgIpc) is 2.40. The maximum absolute atomic E-state index is 11.4. The number of ether oxygens (including phenoxy) is 1. The molecule has 0 fully saturated rings. The van der Waals surface area contributed by atoms with E-state index in [4.69, 9.17) is 27.9 Å². The van der Waals surface area contributed by atoms with Crippen LogP contribution in [0.15, 0.2) is 18.2 Å². The summed E-state index contributed by atoms with van der Waals surface area (Å²) in [5.41, 5.74) is 0.553. The number of amides is 2. The Kier molecular flexibility index (Phi) is 7.69. The SMILES string of the molecule is CCOCCNC(=O)NCC(O)c1cc(Cl)cc(Cl)c1. The molecule has 0 saturated heterocycles. The van der Waals surface area contributed by atoms with Crippen molar-refractivity contribution < 1.29 is 14.6 Å². The van der Waals surface area contributed by atoms with E-state index >= 15 is 0 Å². The summed E-state index contributed by atoms with van der Waals surface area (Å²) in [4.78, 5) is 11.4. The fraction of sp³-hybridized carbons (Fsp3) is 0.462. The molecule has 0 aliphatic rings. The van der Waals surface area contributed by atoms with Crippen molar-refractivity contribution in [2.75, 3.05) is 26.3 Å². The highest BCUT2D eigenvalue weighted by molar-refractivity contribution is 6.34. The number of halogens is 2. The Morgan fingerprint density at radius 1 is 1.30 bits per heavy atom. The van der Waals surface area contributed by atoms with Gasteiger partial charge in [-0.15, -0.1) is 0 Å². The summed E-state index contributed by atoms with van der Waals surface area (Å²) in [6.45, 7) is 3.43. The van der Waals surface area contributed by atoms with Crippen LogP contribution in [0.5, 0.6) is 0 Å². The minimum Gasteiger partial charge on any atom is -0.387 e. The van der Waals surface area contributed by atoms with Crippen molar-refractivity contribution in [3.8, 4) is 0 Å². The number of carbonyl (C=O) groups is 1. The molecule has 0 heterocycles. The number of aliphatic hydroxyl groups excluding tert-OH is 1. The van der Waals surface area contributed by atoms with E-state index in [1.807, 2.05) is 6.92 Å². The standard InChI is InChI=1S/C13H18Cl2N2O3/c1-2-20-4-3-16-13(19)17-8-12(18)9-5-10(14)7-11(15)6-9/h5-7,12,18H,2-4,8H2,1H3,(H2,16,17,19). The van der Waals surface area contributed by atoms with E-state index in [0.29, 0.717) is 35.4 Å². The number of nitrogens with one attached hydrogen (secondary N) is 2. The molecule has 3 N–H and O–H groups in total. The smallest absolute Gasteiger partial charge is 0.314 e. The highest BCUT2D eigenvalue weighted by Crippen LogP contribution is 2.23. The predicted molar refractivity (Wildman–Crippen MR) is 79.3 cm³/mol. The van der Waals surface area contributed by atoms with Crippen LogP contribution in [0.4, 0.5) is 4.79 Å². The lowest BCUT2D eigenvalue weighted by atomic mass is 10.1. The van der Waals surface area contributed by atoms with Gasteiger partial charge in [-0.1, -0.05) is 23.2 Å². The van der Waals surface area contributed by atoms with Gasteiger partial charge in [0.1, 0.15) is 0 Å². The number of benzene rings is 1. The first-order chi connectivity index (χ1) is 9.52. The summed E-state index contributed by atoms with van der Waals surface area (Å²) in [6, 6.07) is 4.42. The van der Waals surface area contributed by atoms with Crippen molar-refractivity contribution in [1.29, 1.82) is 0 Å². The van der Waals surface area contributed by atoms with Crippen LogP contribution < -0.4 is 10.6 Å². The number of carbonyl (C=O) groups excluding carboxylic acids is 1. The Morgan fingerprint density at radius 3 is 2.55 bits per heavy atom. The molecule has 1 aromatic rings. The van der Waals surface area contributed by atoms with Crippen molar-refractivity contribution >= 4 is 29.2 Å². The number of aliphatic hydroxyl groups is 1. The minimum absolute atomic E-state index is 0.0666. The van der Waals surface area contributed by atoms with Crippen molar-refractivity contribution in [2.45, 2.75) is 13.0 Å². The second-order valence-electron chi connectivity index (χ2n) is 4.05. The number of rotatable bonds is 7. The lowest BCUT2D eigenvalue weighted by Gasteiger charge is -2.13. The lowest BCUT2D eigenvalue weighted by Crippen LogP contribution is -2.39. The summed E-state index contributed by atoms with van der Waals surface area (Å²) < 4.78 is 5.08. The molecular formula is C13H18Cl2N2O3. The second kappa shape index (κ2) is 9.02. The van der Waals surface area contributed by atoms with Gasteiger partial charge in [0.15, 0.2) is 0 Å². The molecule has 0 spiro atoms. The third-order valence-corrected chi connectivity index (χ3v) is 2.90. The molecule has 1 atom stereocenters. The summed E-state index contributed by atoms with van der Waals surface area (Å²) in [7, 11) is 0. The van der Waals surface area contributed by atoms with E-state index in [1.54, 1.807) is 18.2 Å². The predicted octanol–water partition coefficient (Wildman–Crippen LogP) is 2.36. The zero-order valence-electron chi connectivity index (χ0n) is 11.2. The first-order valence-electron chi connectivity index (χ1n) is 6.26. The van der Waals surface area contributed by atoms with Gasteiger partial charge >= 0.3 is 6.03 Å². The quantitative estimate of drug-likeness (QED) is 0.675. The Labute approximate surface area is 128 Å². The molecule has 0 aromatic heterocycles. The molecule has 0 radical (unpaired) electrons. The Morgan fingerprint density at radius 2 is 1.95 bits per heavy atom. The van der Waals surface area contributed by atoms with Gasteiger partial charge in [0, 0.05) is 29.7 Å². The van der Waals surface area contributed by atoms with E-state index in [1.165, 1.54) is 0 Å². The van der Waals surface area contributed by atoms with Gasteiger partial charge < -0.3 is 20.5 Å². The molecule has 0 bridgehead atoms. The molecule has 7 heteroatoms. The number of urea groups is 1.